The average Bonchev–Trinajstić information content (AvgIpc) is 3.10. The van der Waals surface area contributed by atoms with Crippen LogP contribution in [0.3, 0.4) is 0 Å². The highest BCUT2D eigenvalue weighted by atomic mass is 19.1. The van der Waals surface area contributed by atoms with E-state index in [0.29, 0.717) is 22.9 Å². The number of rotatable bonds is 3. The fourth-order valence-corrected chi connectivity index (χ4v) is 3.05. The van der Waals surface area contributed by atoms with Gasteiger partial charge >= 0.3 is 0 Å². The Bertz CT molecular complexity index is 953. The van der Waals surface area contributed by atoms with Crippen molar-refractivity contribution in [3.05, 3.63) is 78.3 Å². The summed E-state index contributed by atoms with van der Waals surface area (Å²) >= 11 is 0. The number of halogens is 1. The van der Waals surface area contributed by atoms with E-state index in [1.54, 1.807) is 24.3 Å². The summed E-state index contributed by atoms with van der Waals surface area (Å²) in [7, 11) is 0. The molecule has 1 aliphatic rings. The predicted molar refractivity (Wildman–Crippen MR) is 93.7 cm³/mol. The second kappa shape index (κ2) is 6.40. The van der Waals surface area contributed by atoms with E-state index in [1.807, 2.05) is 18.2 Å². The lowest BCUT2D eigenvalue weighted by Gasteiger charge is -2.33. The van der Waals surface area contributed by atoms with Gasteiger partial charge in [-0.25, -0.2) is 9.07 Å². The maximum atomic E-state index is 13.4. The molecule has 0 saturated heterocycles. The molecule has 2 aromatic carbocycles. The zero-order chi connectivity index (χ0) is 18.1. The van der Waals surface area contributed by atoms with Gasteiger partial charge in [0.1, 0.15) is 11.7 Å². The molecule has 0 radical (unpaired) electrons. The SMILES string of the molecule is C=C1Nc2nnnn2C(c2ccc(F)cc2)C1C(=O)Nc1ccccc1. The van der Waals surface area contributed by atoms with Crippen molar-refractivity contribution < 1.29 is 9.18 Å². The molecule has 130 valence electrons. The largest absolute Gasteiger partial charge is 0.326 e. The van der Waals surface area contributed by atoms with Crippen molar-refractivity contribution in [2.24, 2.45) is 5.92 Å². The number of aromatic nitrogens is 4. The van der Waals surface area contributed by atoms with Gasteiger partial charge in [0.15, 0.2) is 0 Å². The number of benzene rings is 2. The summed E-state index contributed by atoms with van der Waals surface area (Å²) in [6.07, 6.45) is 0. The fraction of sp³-hybridized carbons (Fsp3) is 0.111. The number of nitrogens with zero attached hydrogens (tertiary/aromatic N) is 4. The number of anilines is 2. The van der Waals surface area contributed by atoms with E-state index in [4.69, 9.17) is 0 Å². The number of nitrogens with one attached hydrogen (secondary N) is 2. The number of amides is 1. The molecule has 2 N–H and O–H groups in total. The quantitative estimate of drug-likeness (QED) is 0.758. The third-order valence-electron chi connectivity index (χ3n) is 4.26. The number of hydrogen-bond acceptors (Lipinski definition) is 5. The van der Waals surface area contributed by atoms with E-state index in [9.17, 15) is 9.18 Å². The maximum absolute atomic E-state index is 13.4. The standard InChI is InChI=1S/C18H15FN6O/c1-11-15(17(26)21-14-5-3-2-4-6-14)16(12-7-9-13(19)10-8-12)25-18(20-11)22-23-24-25/h2-10,15-16H,1H2,(H,21,26)(H,20,22,24). The summed E-state index contributed by atoms with van der Waals surface area (Å²) in [5.74, 6) is -0.919. The van der Waals surface area contributed by atoms with Gasteiger partial charge in [-0.15, -0.1) is 0 Å². The first kappa shape index (κ1) is 15.9. The van der Waals surface area contributed by atoms with Crippen molar-refractivity contribution in [1.82, 2.24) is 20.2 Å². The molecule has 8 heteroatoms. The monoisotopic (exact) mass is 350 g/mol. The number of carbonyl (C=O) groups excluding carboxylic acids is 1. The average molecular weight is 350 g/mol. The van der Waals surface area contributed by atoms with E-state index in [0.717, 1.165) is 0 Å². The van der Waals surface area contributed by atoms with Crippen LogP contribution in [0.1, 0.15) is 11.6 Å². The van der Waals surface area contributed by atoms with Gasteiger partial charge in [0.25, 0.3) is 0 Å². The molecule has 1 aromatic heterocycles. The number of para-hydroxylation sites is 1. The van der Waals surface area contributed by atoms with Gasteiger partial charge in [0.05, 0.1) is 6.04 Å². The normalized spacial score (nSPS) is 18.7. The van der Waals surface area contributed by atoms with Crippen molar-refractivity contribution >= 4 is 17.5 Å². The van der Waals surface area contributed by atoms with Gasteiger partial charge < -0.3 is 10.6 Å². The Balaban J connectivity index is 1.74. The van der Waals surface area contributed by atoms with Crippen LogP contribution in [0.4, 0.5) is 16.0 Å². The van der Waals surface area contributed by atoms with Crippen LogP contribution in [0.2, 0.25) is 0 Å². The maximum Gasteiger partial charge on any atom is 0.247 e. The molecule has 7 nitrogen and oxygen atoms in total. The highest BCUT2D eigenvalue weighted by Gasteiger charge is 2.40. The van der Waals surface area contributed by atoms with Crippen LogP contribution in [-0.2, 0) is 4.79 Å². The lowest BCUT2D eigenvalue weighted by atomic mass is 9.88. The lowest BCUT2D eigenvalue weighted by molar-refractivity contribution is -0.119. The Morgan fingerprint density at radius 1 is 1.15 bits per heavy atom. The van der Waals surface area contributed by atoms with Gasteiger partial charge in [0.2, 0.25) is 11.9 Å². The molecule has 3 aromatic rings. The first-order valence-corrected chi connectivity index (χ1v) is 7.98. The Morgan fingerprint density at radius 2 is 1.88 bits per heavy atom. The first-order valence-electron chi connectivity index (χ1n) is 7.98. The summed E-state index contributed by atoms with van der Waals surface area (Å²) in [6.45, 7) is 3.98. The van der Waals surface area contributed by atoms with Gasteiger partial charge in [-0.2, -0.15) is 0 Å². The van der Waals surface area contributed by atoms with E-state index < -0.39 is 12.0 Å². The topological polar surface area (TPSA) is 84.7 Å². The highest BCUT2D eigenvalue weighted by molar-refractivity contribution is 5.95. The van der Waals surface area contributed by atoms with E-state index >= 15 is 0 Å². The molecular formula is C18H15FN6O. The molecule has 0 fully saturated rings. The zero-order valence-corrected chi connectivity index (χ0v) is 13.6. The Labute approximate surface area is 148 Å². The molecule has 0 bridgehead atoms. The van der Waals surface area contributed by atoms with Crippen LogP contribution in [0.25, 0.3) is 0 Å². The Morgan fingerprint density at radius 3 is 2.62 bits per heavy atom. The number of fused-ring (bicyclic) bond motifs is 1. The minimum absolute atomic E-state index is 0.260. The molecule has 26 heavy (non-hydrogen) atoms. The number of hydrogen-bond donors (Lipinski definition) is 2. The fourth-order valence-electron chi connectivity index (χ4n) is 3.05. The highest BCUT2D eigenvalue weighted by Crippen LogP contribution is 2.37. The minimum atomic E-state index is -0.684. The smallest absolute Gasteiger partial charge is 0.247 e. The zero-order valence-electron chi connectivity index (χ0n) is 13.6. The molecule has 4 rings (SSSR count). The van der Waals surface area contributed by atoms with Crippen molar-refractivity contribution in [2.75, 3.05) is 10.6 Å². The molecule has 0 spiro atoms. The molecule has 2 unspecified atom stereocenters. The second-order valence-corrected chi connectivity index (χ2v) is 5.93. The lowest BCUT2D eigenvalue weighted by Crippen LogP contribution is -2.39. The second-order valence-electron chi connectivity index (χ2n) is 5.93. The molecule has 1 amide bonds. The Kier molecular flexibility index (Phi) is 3.92. The van der Waals surface area contributed by atoms with Crippen LogP contribution in [0.5, 0.6) is 0 Å². The summed E-state index contributed by atoms with van der Waals surface area (Å²) in [5.41, 5.74) is 1.84. The predicted octanol–water partition coefficient (Wildman–Crippen LogP) is 2.60. The van der Waals surface area contributed by atoms with Crippen LogP contribution in [0, 0.1) is 11.7 Å². The van der Waals surface area contributed by atoms with Crippen molar-refractivity contribution in [3.63, 3.8) is 0 Å². The van der Waals surface area contributed by atoms with E-state index in [1.165, 1.54) is 16.8 Å². The van der Waals surface area contributed by atoms with Crippen LogP contribution < -0.4 is 10.6 Å². The minimum Gasteiger partial charge on any atom is -0.326 e. The summed E-state index contributed by atoms with van der Waals surface area (Å²) in [5, 5.41) is 17.4. The molecule has 2 heterocycles. The van der Waals surface area contributed by atoms with E-state index in [-0.39, 0.29) is 11.7 Å². The summed E-state index contributed by atoms with van der Waals surface area (Å²) < 4.78 is 14.9. The molecule has 0 saturated carbocycles. The molecule has 2 atom stereocenters. The van der Waals surface area contributed by atoms with Crippen LogP contribution in [-0.4, -0.2) is 26.1 Å². The van der Waals surface area contributed by atoms with Crippen LogP contribution >= 0.6 is 0 Å². The third-order valence-corrected chi connectivity index (χ3v) is 4.26. The molecule has 1 aliphatic heterocycles. The third kappa shape index (κ3) is 2.81. The first-order chi connectivity index (χ1) is 12.6. The van der Waals surface area contributed by atoms with E-state index in [2.05, 4.69) is 32.7 Å². The van der Waals surface area contributed by atoms with Crippen LogP contribution in [0.15, 0.2) is 66.9 Å². The number of tetrazole rings is 1. The number of carbonyl (C=O) groups is 1. The van der Waals surface area contributed by atoms with Gasteiger partial charge in [0, 0.05) is 11.4 Å². The van der Waals surface area contributed by atoms with Crippen molar-refractivity contribution in [1.29, 1.82) is 0 Å². The van der Waals surface area contributed by atoms with Crippen molar-refractivity contribution in [3.8, 4) is 0 Å². The van der Waals surface area contributed by atoms with Gasteiger partial charge in [-0.3, -0.25) is 4.79 Å². The summed E-state index contributed by atoms with van der Waals surface area (Å²) in [6, 6.07) is 14.5. The summed E-state index contributed by atoms with van der Waals surface area (Å²) in [4.78, 5) is 13.0. The Hall–Kier alpha value is -3.55. The molecular weight excluding hydrogens is 335 g/mol. The van der Waals surface area contributed by atoms with Crippen molar-refractivity contribution in [2.45, 2.75) is 6.04 Å². The van der Waals surface area contributed by atoms with Gasteiger partial charge in [-0.05, 0) is 40.3 Å². The van der Waals surface area contributed by atoms with Gasteiger partial charge in [-0.1, -0.05) is 42.0 Å². The molecule has 0 aliphatic carbocycles.